The van der Waals surface area contributed by atoms with Crippen LogP contribution in [0.15, 0.2) is 4.52 Å². The monoisotopic (exact) mass is 222 g/mol. The number of halogens is 3. The summed E-state index contributed by atoms with van der Waals surface area (Å²) in [5.41, 5.74) is 0. The molecule has 4 nitrogen and oxygen atoms in total. The zero-order valence-corrected chi connectivity index (χ0v) is 7.66. The summed E-state index contributed by atoms with van der Waals surface area (Å²) in [6.07, 6.45) is -3.46. The molecule has 1 aliphatic carbocycles. The zero-order chi connectivity index (χ0) is 11.1. The number of aliphatic hydroxyl groups excluding tert-OH is 1. The molecule has 0 aliphatic heterocycles. The third-order valence-electron chi connectivity index (χ3n) is 2.27. The minimum Gasteiger partial charge on any atom is -0.392 e. The van der Waals surface area contributed by atoms with Gasteiger partial charge in [0.05, 0.1) is 12.5 Å². The maximum absolute atomic E-state index is 12.1. The predicted molar refractivity (Wildman–Crippen MR) is 41.7 cm³/mol. The third kappa shape index (κ3) is 2.47. The Labute approximate surface area is 83.1 Å². The molecule has 1 fully saturated rings. The second kappa shape index (κ2) is 3.48. The Morgan fingerprint density at radius 1 is 1.47 bits per heavy atom. The van der Waals surface area contributed by atoms with E-state index in [2.05, 4.69) is 14.7 Å². The van der Waals surface area contributed by atoms with Crippen LogP contribution in [-0.2, 0) is 12.6 Å². The van der Waals surface area contributed by atoms with Crippen LogP contribution in [0.3, 0.4) is 0 Å². The predicted octanol–water partition coefficient (Wildman–Crippen LogP) is 1.40. The molecule has 1 saturated carbocycles. The lowest BCUT2D eigenvalue weighted by molar-refractivity contribution is -0.146. The van der Waals surface area contributed by atoms with E-state index in [0.29, 0.717) is 0 Å². The SMILES string of the molecule is OC(Cc1nc(C(F)(F)F)no1)C1CC1. The molecule has 1 atom stereocenters. The summed E-state index contributed by atoms with van der Waals surface area (Å²) in [6, 6.07) is 0. The molecule has 1 aromatic rings. The smallest absolute Gasteiger partial charge is 0.392 e. The molecular formula is C8H9F3N2O2. The number of aromatic nitrogens is 2. The van der Waals surface area contributed by atoms with Crippen LogP contribution in [0, 0.1) is 5.92 Å². The largest absolute Gasteiger partial charge is 0.455 e. The average Bonchev–Trinajstić information content (AvgIpc) is 2.86. The van der Waals surface area contributed by atoms with Crippen LogP contribution >= 0.6 is 0 Å². The minimum absolute atomic E-state index is 0.00620. The molecule has 1 aromatic heterocycles. The Morgan fingerprint density at radius 3 is 2.60 bits per heavy atom. The molecule has 0 saturated heterocycles. The molecule has 0 bridgehead atoms. The Hall–Kier alpha value is -1.11. The van der Waals surface area contributed by atoms with Gasteiger partial charge < -0.3 is 9.63 Å². The lowest BCUT2D eigenvalue weighted by Crippen LogP contribution is -2.13. The van der Waals surface area contributed by atoms with Gasteiger partial charge in [0.15, 0.2) is 0 Å². The third-order valence-corrected chi connectivity index (χ3v) is 2.27. The van der Waals surface area contributed by atoms with Gasteiger partial charge in [-0.05, 0) is 18.8 Å². The van der Waals surface area contributed by atoms with Crippen molar-refractivity contribution < 1.29 is 22.8 Å². The van der Waals surface area contributed by atoms with E-state index >= 15 is 0 Å². The summed E-state index contributed by atoms with van der Waals surface area (Å²) in [6.45, 7) is 0. The van der Waals surface area contributed by atoms with Crippen molar-refractivity contribution in [3.63, 3.8) is 0 Å². The maximum atomic E-state index is 12.1. The van der Waals surface area contributed by atoms with E-state index in [1.165, 1.54) is 0 Å². The van der Waals surface area contributed by atoms with Gasteiger partial charge in [-0.1, -0.05) is 5.16 Å². The quantitative estimate of drug-likeness (QED) is 0.839. The van der Waals surface area contributed by atoms with Crippen molar-refractivity contribution in [1.29, 1.82) is 0 Å². The second-order valence-electron chi connectivity index (χ2n) is 3.62. The topological polar surface area (TPSA) is 59.2 Å². The summed E-state index contributed by atoms with van der Waals surface area (Å²) in [5.74, 6) is -1.28. The van der Waals surface area contributed by atoms with Crippen LogP contribution < -0.4 is 0 Å². The number of hydrogen-bond acceptors (Lipinski definition) is 4. The van der Waals surface area contributed by atoms with Gasteiger partial charge >= 0.3 is 6.18 Å². The summed E-state index contributed by atoms with van der Waals surface area (Å²) in [7, 11) is 0. The molecule has 1 aliphatic rings. The van der Waals surface area contributed by atoms with E-state index in [1.807, 2.05) is 0 Å². The van der Waals surface area contributed by atoms with Crippen LogP contribution in [0.25, 0.3) is 0 Å². The fourth-order valence-corrected chi connectivity index (χ4v) is 1.28. The Balaban J connectivity index is 2.00. The first-order valence-corrected chi connectivity index (χ1v) is 4.54. The summed E-state index contributed by atoms with van der Waals surface area (Å²) in [4.78, 5) is 3.17. The van der Waals surface area contributed by atoms with E-state index < -0.39 is 18.1 Å². The van der Waals surface area contributed by atoms with Crippen molar-refractivity contribution in [2.45, 2.75) is 31.5 Å². The first-order chi connectivity index (χ1) is 6.97. The lowest BCUT2D eigenvalue weighted by Gasteiger charge is -2.03. The summed E-state index contributed by atoms with van der Waals surface area (Å²) >= 11 is 0. The fraction of sp³-hybridized carbons (Fsp3) is 0.750. The molecule has 1 N–H and O–H groups in total. The van der Waals surface area contributed by atoms with E-state index in [4.69, 9.17) is 0 Å². The second-order valence-corrected chi connectivity index (χ2v) is 3.62. The molecule has 15 heavy (non-hydrogen) atoms. The van der Waals surface area contributed by atoms with Crippen molar-refractivity contribution in [1.82, 2.24) is 10.1 Å². The summed E-state index contributed by atoms with van der Waals surface area (Å²) in [5, 5.41) is 12.2. The van der Waals surface area contributed by atoms with Gasteiger partial charge in [-0.15, -0.1) is 0 Å². The van der Waals surface area contributed by atoms with Crippen LogP contribution in [0.1, 0.15) is 24.6 Å². The number of alkyl halides is 3. The van der Waals surface area contributed by atoms with Crippen molar-refractivity contribution in [2.24, 2.45) is 5.92 Å². The molecule has 0 radical (unpaired) electrons. The highest BCUT2D eigenvalue weighted by Crippen LogP contribution is 2.34. The molecule has 0 amide bonds. The van der Waals surface area contributed by atoms with E-state index in [-0.39, 0.29) is 18.2 Å². The van der Waals surface area contributed by atoms with Gasteiger partial charge in [-0.2, -0.15) is 18.2 Å². The van der Waals surface area contributed by atoms with Crippen molar-refractivity contribution >= 4 is 0 Å². The number of rotatable bonds is 3. The number of nitrogens with zero attached hydrogens (tertiary/aromatic N) is 2. The van der Waals surface area contributed by atoms with Crippen molar-refractivity contribution in [3.8, 4) is 0 Å². The van der Waals surface area contributed by atoms with E-state index in [9.17, 15) is 18.3 Å². The highest BCUT2D eigenvalue weighted by atomic mass is 19.4. The van der Waals surface area contributed by atoms with Crippen LogP contribution in [0.4, 0.5) is 13.2 Å². The Bertz CT molecular complexity index is 346. The average molecular weight is 222 g/mol. The molecular weight excluding hydrogens is 213 g/mol. The zero-order valence-electron chi connectivity index (χ0n) is 7.66. The molecule has 0 aromatic carbocycles. The van der Waals surface area contributed by atoms with Gasteiger partial charge in [0.25, 0.3) is 5.82 Å². The first-order valence-electron chi connectivity index (χ1n) is 4.54. The minimum atomic E-state index is -4.59. The molecule has 7 heteroatoms. The normalized spacial score (nSPS) is 19.2. The number of hydrogen-bond donors (Lipinski definition) is 1. The number of aliphatic hydroxyl groups is 1. The first kappa shape index (κ1) is 10.4. The molecule has 2 rings (SSSR count). The molecule has 1 heterocycles. The van der Waals surface area contributed by atoms with Gasteiger partial charge in [-0.25, -0.2) is 0 Å². The Kier molecular flexibility index (Phi) is 2.41. The van der Waals surface area contributed by atoms with Gasteiger partial charge in [-0.3, -0.25) is 0 Å². The van der Waals surface area contributed by atoms with Crippen molar-refractivity contribution in [2.75, 3.05) is 0 Å². The van der Waals surface area contributed by atoms with Gasteiger partial charge in [0.1, 0.15) is 0 Å². The molecule has 1 unspecified atom stereocenters. The molecule has 84 valence electrons. The van der Waals surface area contributed by atoms with E-state index in [0.717, 1.165) is 12.8 Å². The highest BCUT2D eigenvalue weighted by molar-refractivity contribution is 4.94. The van der Waals surface area contributed by atoms with Crippen LogP contribution in [0.5, 0.6) is 0 Å². The summed E-state index contributed by atoms with van der Waals surface area (Å²) < 4.78 is 40.6. The van der Waals surface area contributed by atoms with Crippen molar-refractivity contribution in [3.05, 3.63) is 11.7 Å². The fourth-order valence-electron chi connectivity index (χ4n) is 1.28. The van der Waals surface area contributed by atoms with Gasteiger partial charge in [0, 0.05) is 0 Å². The van der Waals surface area contributed by atoms with E-state index in [1.54, 1.807) is 0 Å². The maximum Gasteiger partial charge on any atom is 0.455 e. The van der Waals surface area contributed by atoms with Crippen LogP contribution in [0.2, 0.25) is 0 Å². The van der Waals surface area contributed by atoms with Crippen LogP contribution in [-0.4, -0.2) is 21.4 Å². The van der Waals surface area contributed by atoms with Gasteiger partial charge in [0.2, 0.25) is 5.89 Å². The Morgan fingerprint density at radius 2 is 2.13 bits per heavy atom. The lowest BCUT2D eigenvalue weighted by atomic mass is 10.2. The standard InChI is InChI=1S/C8H9F3N2O2/c9-8(10,11)7-12-6(15-13-7)3-5(14)4-1-2-4/h4-5,14H,1-3H2. The molecule has 0 spiro atoms. The highest BCUT2D eigenvalue weighted by Gasteiger charge is 2.38.